The van der Waals surface area contributed by atoms with E-state index in [1.165, 1.54) is 231 Å². The summed E-state index contributed by atoms with van der Waals surface area (Å²) in [6.45, 7) is 4.08. The zero-order valence-electron chi connectivity index (χ0n) is 39.3. The molecule has 4 unspecified atom stereocenters. The molecule has 0 aliphatic heterocycles. The molecule has 0 aromatic carbocycles. The molecule has 0 heterocycles. The molecule has 0 radical (unpaired) electrons. The fourth-order valence-corrected chi connectivity index (χ4v) is 8.64. The average molecular weight is 824 g/mol. The molecule has 0 aromatic rings. The van der Waals surface area contributed by atoms with Crippen molar-refractivity contribution in [2.75, 3.05) is 6.61 Å². The maximum atomic E-state index is 12.6. The first kappa shape index (κ1) is 57.3. The van der Waals surface area contributed by atoms with E-state index in [1.54, 1.807) is 0 Å². The lowest BCUT2D eigenvalue weighted by molar-refractivity contribution is -0.132. The normalized spacial score (nSPS) is 13.8. The number of aliphatic hydroxyl groups excluding tert-OH is 4. The topological polar surface area (TPSA) is 110 Å². The van der Waals surface area contributed by atoms with Gasteiger partial charge in [-0.2, -0.15) is 0 Å². The summed E-state index contributed by atoms with van der Waals surface area (Å²) in [5.41, 5.74) is 0. The van der Waals surface area contributed by atoms with Crippen molar-refractivity contribution in [3.63, 3.8) is 0 Å². The van der Waals surface area contributed by atoms with Gasteiger partial charge in [-0.25, -0.2) is 0 Å². The molecule has 348 valence electrons. The molecule has 0 rings (SSSR count). The molecule has 58 heavy (non-hydrogen) atoms. The van der Waals surface area contributed by atoms with Crippen molar-refractivity contribution in [3.05, 3.63) is 0 Å². The fraction of sp³-hybridized carbons (Fsp3) is 0.981. The molecule has 0 aliphatic rings. The first-order valence-electron chi connectivity index (χ1n) is 26.4. The molecule has 0 saturated heterocycles. The quantitative estimate of drug-likeness (QED) is 0.0393. The molecule has 0 fully saturated rings. The van der Waals surface area contributed by atoms with Crippen molar-refractivity contribution in [3.8, 4) is 0 Å². The second kappa shape index (κ2) is 47.4. The zero-order chi connectivity index (χ0) is 42.4. The smallest absolute Gasteiger partial charge is 0.249 e. The van der Waals surface area contributed by atoms with Gasteiger partial charge in [-0.15, -0.1) is 0 Å². The number of carbonyl (C=O) groups is 1. The molecule has 6 nitrogen and oxygen atoms in total. The second-order valence-corrected chi connectivity index (χ2v) is 18.6. The molecular formula is C52H105NO5. The molecular weight excluding hydrogens is 719 g/mol. The summed E-state index contributed by atoms with van der Waals surface area (Å²) in [4.78, 5) is 12.6. The predicted octanol–water partition coefficient (Wildman–Crippen LogP) is 14.8. The lowest BCUT2D eigenvalue weighted by atomic mass is 9.99. The Kier molecular flexibility index (Phi) is 46.8. The number of amides is 1. The molecule has 4 atom stereocenters. The summed E-state index contributed by atoms with van der Waals surface area (Å²) in [5, 5.41) is 43.8. The van der Waals surface area contributed by atoms with E-state index in [2.05, 4.69) is 19.2 Å². The van der Waals surface area contributed by atoms with Crippen LogP contribution >= 0.6 is 0 Å². The minimum Gasteiger partial charge on any atom is -0.394 e. The highest BCUT2D eigenvalue weighted by molar-refractivity contribution is 5.80. The average Bonchev–Trinajstić information content (AvgIpc) is 3.23. The van der Waals surface area contributed by atoms with E-state index in [4.69, 9.17) is 0 Å². The van der Waals surface area contributed by atoms with Crippen molar-refractivity contribution in [2.24, 2.45) is 0 Å². The maximum Gasteiger partial charge on any atom is 0.249 e. The van der Waals surface area contributed by atoms with Gasteiger partial charge < -0.3 is 25.7 Å². The number of rotatable bonds is 49. The van der Waals surface area contributed by atoms with E-state index in [9.17, 15) is 25.2 Å². The molecule has 6 heteroatoms. The van der Waals surface area contributed by atoms with E-state index in [1.807, 2.05) is 0 Å². The zero-order valence-corrected chi connectivity index (χ0v) is 39.3. The van der Waals surface area contributed by atoms with E-state index < -0.39 is 36.9 Å². The van der Waals surface area contributed by atoms with Crippen molar-refractivity contribution in [1.82, 2.24) is 5.32 Å². The third-order valence-electron chi connectivity index (χ3n) is 12.8. The van der Waals surface area contributed by atoms with Crippen LogP contribution in [0.3, 0.4) is 0 Å². The molecule has 0 bridgehead atoms. The van der Waals surface area contributed by atoms with Crippen molar-refractivity contribution < 1.29 is 25.2 Å². The van der Waals surface area contributed by atoms with Crippen LogP contribution in [0.5, 0.6) is 0 Å². The lowest BCUT2D eigenvalue weighted by Gasteiger charge is -2.27. The summed E-state index contributed by atoms with van der Waals surface area (Å²) in [6, 6.07) is -0.979. The third-order valence-corrected chi connectivity index (χ3v) is 12.8. The monoisotopic (exact) mass is 824 g/mol. The van der Waals surface area contributed by atoms with E-state index >= 15 is 0 Å². The number of nitrogens with one attached hydrogen (secondary N) is 1. The highest BCUT2D eigenvalue weighted by Crippen LogP contribution is 2.18. The van der Waals surface area contributed by atoms with Gasteiger partial charge in [-0.05, 0) is 12.8 Å². The molecule has 0 aliphatic carbocycles. The Morgan fingerprint density at radius 3 is 0.828 bits per heavy atom. The SMILES string of the molecule is CCCCCCCCCCCCCCCCCCCCCCCCCCCCCCC(O)C(=O)NC(CO)C(O)C(O)CCCCCCCCCCCCCCCC. The third kappa shape index (κ3) is 40.7. The highest BCUT2D eigenvalue weighted by Gasteiger charge is 2.28. The second-order valence-electron chi connectivity index (χ2n) is 18.6. The Balaban J connectivity index is 3.56. The highest BCUT2D eigenvalue weighted by atomic mass is 16.3. The van der Waals surface area contributed by atoms with Crippen LogP contribution in [-0.2, 0) is 4.79 Å². The first-order valence-corrected chi connectivity index (χ1v) is 26.4. The number of hydrogen-bond acceptors (Lipinski definition) is 5. The Morgan fingerprint density at radius 1 is 0.362 bits per heavy atom. The van der Waals surface area contributed by atoms with Gasteiger partial charge in [0.15, 0.2) is 0 Å². The van der Waals surface area contributed by atoms with Crippen LogP contribution in [0.15, 0.2) is 0 Å². The van der Waals surface area contributed by atoms with Gasteiger partial charge in [0, 0.05) is 0 Å². The summed E-state index contributed by atoms with van der Waals surface area (Å²) in [6.07, 6.45) is 53.1. The summed E-state index contributed by atoms with van der Waals surface area (Å²) >= 11 is 0. The van der Waals surface area contributed by atoms with Crippen LogP contribution in [0.4, 0.5) is 0 Å². The molecule has 0 aromatic heterocycles. The summed E-state index contributed by atoms with van der Waals surface area (Å²) in [5.74, 6) is -0.577. The van der Waals surface area contributed by atoms with Crippen LogP contribution < -0.4 is 5.32 Å². The van der Waals surface area contributed by atoms with Gasteiger partial charge >= 0.3 is 0 Å². The van der Waals surface area contributed by atoms with Gasteiger partial charge in [0.25, 0.3) is 0 Å². The van der Waals surface area contributed by atoms with E-state index in [-0.39, 0.29) is 0 Å². The minimum absolute atomic E-state index is 0.376. The number of unbranched alkanes of at least 4 members (excludes halogenated alkanes) is 40. The van der Waals surface area contributed by atoms with Crippen LogP contribution in [0.2, 0.25) is 0 Å². The van der Waals surface area contributed by atoms with Gasteiger partial charge in [-0.3, -0.25) is 4.79 Å². The molecule has 1 amide bonds. The van der Waals surface area contributed by atoms with Crippen molar-refractivity contribution >= 4 is 5.91 Å². The first-order chi connectivity index (χ1) is 28.5. The number of hydrogen-bond donors (Lipinski definition) is 5. The summed E-state index contributed by atoms with van der Waals surface area (Å²) in [7, 11) is 0. The van der Waals surface area contributed by atoms with Crippen LogP contribution in [0.1, 0.15) is 296 Å². The van der Waals surface area contributed by atoms with Gasteiger partial charge in [-0.1, -0.05) is 284 Å². The van der Waals surface area contributed by atoms with E-state index in [0.717, 1.165) is 38.5 Å². The predicted molar refractivity (Wildman–Crippen MR) is 252 cm³/mol. The Bertz CT molecular complexity index is 796. The fourth-order valence-electron chi connectivity index (χ4n) is 8.64. The van der Waals surface area contributed by atoms with Crippen LogP contribution in [0, 0.1) is 0 Å². The van der Waals surface area contributed by atoms with Gasteiger partial charge in [0.1, 0.15) is 12.2 Å². The van der Waals surface area contributed by atoms with Crippen LogP contribution in [-0.4, -0.2) is 57.3 Å². The lowest BCUT2D eigenvalue weighted by Crippen LogP contribution is -2.53. The Labute approximate surface area is 362 Å². The Hall–Kier alpha value is -0.690. The molecule has 0 spiro atoms. The maximum absolute atomic E-state index is 12.6. The summed E-state index contributed by atoms with van der Waals surface area (Å²) < 4.78 is 0. The van der Waals surface area contributed by atoms with E-state index in [0.29, 0.717) is 12.8 Å². The standard InChI is InChI=1S/C52H105NO5/c1-3-5-7-9-11-13-15-17-19-20-21-22-23-24-25-26-27-28-29-30-31-32-34-36-38-40-42-44-46-50(56)52(58)53-48(47-54)51(57)49(55)45-43-41-39-37-35-33-18-16-14-12-10-8-6-4-2/h48-51,54-57H,3-47H2,1-2H3,(H,53,58). The van der Waals surface area contributed by atoms with Crippen molar-refractivity contribution in [2.45, 2.75) is 321 Å². The van der Waals surface area contributed by atoms with Gasteiger partial charge in [0.05, 0.1) is 18.8 Å². The largest absolute Gasteiger partial charge is 0.394 e. The number of aliphatic hydroxyl groups is 4. The van der Waals surface area contributed by atoms with Crippen LogP contribution in [0.25, 0.3) is 0 Å². The Morgan fingerprint density at radius 2 is 0.586 bits per heavy atom. The molecule has 0 saturated carbocycles. The molecule has 5 N–H and O–H groups in total. The number of carbonyl (C=O) groups excluding carboxylic acids is 1. The van der Waals surface area contributed by atoms with Crippen molar-refractivity contribution in [1.29, 1.82) is 0 Å². The van der Waals surface area contributed by atoms with Gasteiger partial charge in [0.2, 0.25) is 5.91 Å². The minimum atomic E-state index is -1.25.